The molecule has 0 aliphatic heterocycles. The van der Waals surface area contributed by atoms with Gasteiger partial charge in [0.1, 0.15) is 12.7 Å². The van der Waals surface area contributed by atoms with Crippen molar-refractivity contribution in [3.05, 3.63) is 42.5 Å². The molecule has 1 heterocycles. The lowest BCUT2D eigenvalue weighted by atomic mass is 10.1. The highest BCUT2D eigenvalue weighted by molar-refractivity contribution is 5.76. The highest BCUT2D eigenvalue weighted by atomic mass is 16.2. The Bertz CT molecular complexity index is 667. The first-order valence-corrected chi connectivity index (χ1v) is 7.94. The Morgan fingerprint density at radius 3 is 2.58 bits per heavy atom. The van der Waals surface area contributed by atoms with E-state index in [0.29, 0.717) is 19.4 Å². The number of carbonyl (C=O) groups is 2. The number of nitrogens with zero attached hydrogens (tertiary/aromatic N) is 4. The first-order chi connectivity index (χ1) is 11.5. The van der Waals surface area contributed by atoms with Crippen molar-refractivity contribution >= 4 is 11.8 Å². The van der Waals surface area contributed by atoms with Gasteiger partial charge in [-0.25, -0.2) is 9.67 Å². The summed E-state index contributed by atoms with van der Waals surface area (Å²) in [5.41, 5.74) is 1.98. The Labute approximate surface area is 141 Å². The van der Waals surface area contributed by atoms with E-state index < -0.39 is 0 Å². The number of aromatic nitrogens is 3. The Hall–Kier alpha value is -2.70. The first kappa shape index (κ1) is 17.7. The number of hydrogen-bond acceptors (Lipinski definition) is 4. The molecule has 1 aromatic heterocycles. The Morgan fingerprint density at radius 2 is 2.00 bits per heavy atom. The summed E-state index contributed by atoms with van der Waals surface area (Å²) >= 11 is 0. The molecule has 128 valence electrons. The van der Waals surface area contributed by atoms with Crippen molar-refractivity contribution in [3.8, 4) is 5.69 Å². The van der Waals surface area contributed by atoms with Crippen LogP contribution < -0.4 is 5.32 Å². The van der Waals surface area contributed by atoms with E-state index in [4.69, 9.17) is 0 Å². The Kier molecular flexibility index (Phi) is 6.06. The molecule has 0 fully saturated rings. The molecular weight excluding hydrogens is 306 g/mol. The Balaban J connectivity index is 1.91. The smallest absolute Gasteiger partial charge is 0.222 e. The second-order valence-corrected chi connectivity index (χ2v) is 5.70. The van der Waals surface area contributed by atoms with Gasteiger partial charge in [-0.3, -0.25) is 9.59 Å². The molecule has 7 heteroatoms. The minimum atomic E-state index is -0.0726. The summed E-state index contributed by atoms with van der Waals surface area (Å²) in [5, 5.41) is 6.79. The molecule has 1 unspecified atom stereocenters. The summed E-state index contributed by atoms with van der Waals surface area (Å²) in [5.74, 6) is -0.00940. The van der Waals surface area contributed by atoms with Gasteiger partial charge in [-0.15, -0.1) is 0 Å². The number of carbonyl (C=O) groups excluding carboxylic acids is 2. The fourth-order valence-corrected chi connectivity index (χ4v) is 2.37. The Morgan fingerprint density at radius 1 is 1.29 bits per heavy atom. The van der Waals surface area contributed by atoms with Crippen molar-refractivity contribution in [1.29, 1.82) is 0 Å². The lowest BCUT2D eigenvalue weighted by molar-refractivity contribution is -0.132. The van der Waals surface area contributed by atoms with Crippen LogP contribution in [0.5, 0.6) is 0 Å². The molecule has 0 aliphatic rings. The minimum Gasteiger partial charge on any atom is -0.356 e. The standard InChI is InChI=1S/C17H23N5O2/c1-13(21(3)17(24)5-4-10-19-14(2)23)15-6-8-16(9-7-15)22-12-18-11-20-22/h6-9,11-13H,4-5,10H2,1-3H3,(H,19,23). The molecule has 2 rings (SSSR count). The number of rotatable bonds is 7. The topological polar surface area (TPSA) is 80.1 Å². The quantitative estimate of drug-likeness (QED) is 0.784. The summed E-state index contributed by atoms with van der Waals surface area (Å²) < 4.78 is 1.69. The SMILES string of the molecule is CC(=O)NCCCC(=O)N(C)C(C)c1ccc(-n2cncn2)cc1. The maximum absolute atomic E-state index is 12.2. The average Bonchev–Trinajstić information content (AvgIpc) is 3.11. The van der Waals surface area contributed by atoms with E-state index in [0.717, 1.165) is 11.3 Å². The molecule has 0 bridgehead atoms. The van der Waals surface area contributed by atoms with Crippen molar-refractivity contribution in [2.75, 3.05) is 13.6 Å². The zero-order valence-electron chi connectivity index (χ0n) is 14.3. The molecule has 0 radical (unpaired) electrons. The van der Waals surface area contributed by atoms with Crippen LogP contribution in [0.15, 0.2) is 36.9 Å². The first-order valence-electron chi connectivity index (χ1n) is 7.94. The van der Waals surface area contributed by atoms with Gasteiger partial charge < -0.3 is 10.2 Å². The van der Waals surface area contributed by atoms with E-state index in [2.05, 4.69) is 15.4 Å². The van der Waals surface area contributed by atoms with Crippen LogP contribution in [0.25, 0.3) is 5.69 Å². The number of amides is 2. The van der Waals surface area contributed by atoms with Gasteiger partial charge in [0, 0.05) is 26.9 Å². The predicted octanol–water partition coefficient (Wildman–Crippen LogP) is 1.70. The van der Waals surface area contributed by atoms with E-state index in [1.807, 2.05) is 31.2 Å². The van der Waals surface area contributed by atoms with Gasteiger partial charge in [-0.05, 0) is 31.0 Å². The molecule has 1 N–H and O–H groups in total. The van der Waals surface area contributed by atoms with Crippen LogP contribution in [0, 0.1) is 0 Å². The number of hydrogen-bond donors (Lipinski definition) is 1. The molecule has 0 spiro atoms. The normalized spacial score (nSPS) is 11.8. The van der Waals surface area contributed by atoms with Gasteiger partial charge in [0.05, 0.1) is 11.7 Å². The monoisotopic (exact) mass is 329 g/mol. The van der Waals surface area contributed by atoms with Crippen molar-refractivity contribution in [1.82, 2.24) is 25.0 Å². The molecule has 0 saturated carbocycles. The summed E-state index contributed by atoms with van der Waals surface area (Å²) in [6.07, 6.45) is 4.19. The molecule has 24 heavy (non-hydrogen) atoms. The lowest BCUT2D eigenvalue weighted by Crippen LogP contribution is -2.30. The number of benzene rings is 1. The van der Waals surface area contributed by atoms with Crippen LogP contribution in [-0.2, 0) is 9.59 Å². The molecule has 1 aromatic carbocycles. The zero-order chi connectivity index (χ0) is 17.5. The third-order valence-electron chi connectivity index (χ3n) is 3.97. The summed E-state index contributed by atoms with van der Waals surface area (Å²) in [6.45, 7) is 3.99. The van der Waals surface area contributed by atoms with Gasteiger partial charge in [0.25, 0.3) is 0 Å². The van der Waals surface area contributed by atoms with Crippen LogP contribution in [-0.4, -0.2) is 45.1 Å². The van der Waals surface area contributed by atoms with Gasteiger partial charge >= 0.3 is 0 Å². The van der Waals surface area contributed by atoms with E-state index in [-0.39, 0.29) is 17.9 Å². The average molecular weight is 329 g/mol. The molecular formula is C17H23N5O2. The third kappa shape index (κ3) is 4.65. The number of nitrogens with one attached hydrogen (secondary N) is 1. The lowest BCUT2D eigenvalue weighted by Gasteiger charge is -2.25. The summed E-state index contributed by atoms with van der Waals surface area (Å²) in [4.78, 5) is 28.7. The highest BCUT2D eigenvalue weighted by Crippen LogP contribution is 2.21. The van der Waals surface area contributed by atoms with Gasteiger partial charge in [-0.1, -0.05) is 12.1 Å². The maximum atomic E-state index is 12.2. The van der Waals surface area contributed by atoms with Crippen molar-refractivity contribution < 1.29 is 9.59 Å². The molecule has 0 saturated heterocycles. The second kappa shape index (κ2) is 8.24. The van der Waals surface area contributed by atoms with Crippen LogP contribution in [0.2, 0.25) is 0 Å². The summed E-state index contributed by atoms with van der Waals surface area (Å²) in [6, 6.07) is 7.86. The van der Waals surface area contributed by atoms with E-state index in [1.165, 1.54) is 13.3 Å². The fourth-order valence-electron chi connectivity index (χ4n) is 2.37. The zero-order valence-corrected chi connectivity index (χ0v) is 14.3. The molecule has 2 aromatic rings. The highest BCUT2D eigenvalue weighted by Gasteiger charge is 2.17. The van der Waals surface area contributed by atoms with Gasteiger partial charge in [-0.2, -0.15) is 5.10 Å². The molecule has 1 atom stereocenters. The van der Waals surface area contributed by atoms with E-state index >= 15 is 0 Å². The van der Waals surface area contributed by atoms with E-state index in [9.17, 15) is 9.59 Å². The fraction of sp³-hybridized carbons (Fsp3) is 0.412. The molecule has 7 nitrogen and oxygen atoms in total. The second-order valence-electron chi connectivity index (χ2n) is 5.70. The van der Waals surface area contributed by atoms with E-state index in [1.54, 1.807) is 23.0 Å². The van der Waals surface area contributed by atoms with Crippen LogP contribution in [0.1, 0.15) is 38.3 Å². The van der Waals surface area contributed by atoms with Crippen molar-refractivity contribution in [3.63, 3.8) is 0 Å². The third-order valence-corrected chi connectivity index (χ3v) is 3.97. The summed E-state index contributed by atoms with van der Waals surface area (Å²) in [7, 11) is 1.80. The van der Waals surface area contributed by atoms with Crippen molar-refractivity contribution in [2.45, 2.75) is 32.7 Å². The van der Waals surface area contributed by atoms with Crippen LogP contribution in [0.3, 0.4) is 0 Å². The maximum Gasteiger partial charge on any atom is 0.222 e. The molecule has 2 amide bonds. The van der Waals surface area contributed by atoms with Gasteiger partial charge in [0.2, 0.25) is 11.8 Å². The minimum absolute atomic E-state index is 0.0249. The molecule has 0 aliphatic carbocycles. The largest absolute Gasteiger partial charge is 0.356 e. The van der Waals surface area contributed by atoms with Crippen LogP contribution in [0.4, 0.5) is 0 Å². The van der Waals surface area contributed by atoms with Gasteiger partial charge in [0.15, 0.2) is 0 Å². The predicted molar refractivity (Wildman–Crippen MR) is 90.5 cm³/mol. The van der Waals surface area contributed by atoms with Crippen molar-refractivity contribution in [2.24, 2.45) is 0 Å². The van der Waals surface area contributed by atoms with Crippen LogP contribution >= 0.6 is 0 Å².